The summed E-state index contributed by atoms with van der Waals surface area (Å²) in [4.78, 5) is 0. The number of hydrogen-bond acceptors (Lipinski definition) is 0. The van der Waals surface area contributed by atoms with Gasteiger partial charge in [0.25, 0.3) is 0 Å². The molecular weight excluding hydrogens is 910 g/mol. The summed E-state index contributed by atoms with van der Waals surface area (Å²) in [5.74, 6) is 2.24. The Morgan fingerprint density at radius 2 is 1.19 bits per heavy atom. The van der Waals surface area contributed by atoms with Crippen molar-refractivity contribution in [3.8, 4) is 0 Å². The van der Waals surface area contributed by atoms with Crippen LogP contribution < -0.4 is 24.8 Å². The fraction of sp³-hybridized carbons (Fsp3) is 0.291. The molecular formula is C55H56Cl2Hf-2. The van der Waals surface area contributed by atoms with Crippen molar-refractivity contribution in [1.82, 2.24) is 0 Å². The van der Waals surface area contributed by atoms with E-state index in [9.17, 15) is 0 Å². The van der Waals surface area contributed by atoms with Crippen LogP contribution in [0, 0.1) is 33.5 Å². The molecule has 4 aliphatic carbocycles. The van der Waals surface area contributed by atoms with E-state index in [4.69, 9.17) is 0 Å². The Morgan fingerprint density at radius 1 is 0.655 bits per heavy atom. The molecule has 0 N–H and O–H groups in total. The average Bonchev–Trinajstić information content (AvgIpc) is 3.93. The Morgan fingerprint density at radius 3 is 1.76 bits per heavy atom. The monoisotopic (exact) mass is 966 g/mol. The predicted molar refractivity (Wildman–Crippen MR) is 237 cm³/mol. The van der Waals surface area contributed by atoms with E-state index in [0.29, 0.717) is 5.92 Å². The molecule has 58 heavy (non-hydrogen) atoms. The molecule has 0 amide bonds. The van der Waals surface area contributed by atoms with Crippen molar-refractivity contribution < 1.29 is 48.7 Å². The van der Waals surface area contributed by atoms with Crippen molar-refractivity contribution in [3.63, 3.8) is 0 Å². The molecule has 0 aromatic heterocycles. The smallest absolute Gasteiger partial charge is 0.172 e. The first-order chi connectivity index (χ1) is 26.8. The molecule has 2 atom stereocenters. The van der Waals surface area contributed by atoms with Crippen molar-refractivity contribution in [2.24, 2.45) is 27.6 Å². The fourth-order valence-electron chi connectivity index (χ4n) is 10.9. The Balaban J connectivity index is 0.000000173. The summed E-state index contributed by atoms with van der Waals surface area (Å²) in [7, 11) is 0. The van der Waals surface area contributed by atoms with Crippen molar-refractivity contribution >= 4 is 30.4 Å². The second kappa shape index (κ2) is 16.8. The van der Waals surface area contributed by atoms with Gasteiger partial charge in [0.2, 0.25) is 0 Å². The zero-order chi connectivity index (χ0) is 39.5. The minimum Gasteiger partial charge on any atom is -0.214 e. The summed E-state index contributed by atoms with van der Waals surface area (Å²) >= 11 is 1.02. The van der Waals surface area contributed by atoms with Crippen LogP contribution in [0.5, 0.6) is 0 Å². The van der Waals surface area contributed by atoms with Crippen LogP contribution >= 0.6 is 0 Å². The second-order valence-corrected chi connectivity index (χ2v) is 19.9. The summed E-state index contributed by atoms with van der Waals surface area (Å²) in [5.41, 5.74) is 13.1. The molecule has 1 fully saturated rings. The molecule has 10 rings (SSSR count). The van der Waals surface area contributed by atoms with Gasteiger partial charge in [-0.3, -0.25) is 0 Å². The van der Waals surface area contributed by atoms with Gasteiger partial charge in [-0.1, -0.05) is 113 Å². The first kappa shape index (κ1) is 43.9. The maximum atomic E-state index is 2.62. The summed E-state index contributed by atoms with van der Waals surface area (Å²) in [6.07, 6.45) is 8.50. The van der Waals surface area contributed by atoms with Crippen molar-refractivity contribution in [2.75, 3.05) is 0 Å². The molecule has 2 unspecified atom stereocenters. The molecule has 296 valence electrons. The van der Waals surface area contributed by atoms with E-state index in [1.165, 1.54) is 59.9 Å². The van der Waals surface area contributed by atoms with E-state index in [2.05, 4.69) is 177 Å². The molecule has 0 radical (unpaired) electrons. The fourth-order valence-corrected chi connectivity index (χ4v) is 12.5. The molecule has 6 aromatic rings. The van der Waals surface area contributed by atoms with Gasteiger partial charge >= 0.3 is 145 Å². The van der Waals surface area contributed by atoms with E-state index >= 15 is 0 Å². The topological polar surface area (TPSA) is 0 Å². The third-order valence-electron chi connectivity index (χ3n) is 15.5. The van der Waals surface area contributed by atoms with Crippen LogP contribution in [0.3, 0.4) is 0 Å². The second-order valence-electron chi connectivity index (χ2n) is 18.1. The number of hydrogen-bond donors (Lipinski definition) is 0. The maximum absolute atomic E-state index is 2.62. The SMILES string of the molecule is C[C-]1C2=C3Cc4ccccc4C3=C3C=CCCC3C2(C)C(C)(C)C(C)(C)C1(C)C.[Cl-].[Cl-].[Hf+2]=[C](c1cccc2ccccc12)c1cccc2ccccc12.c1cc[cH-]c1. The molecule has 3 heteroatoms. The maximum Gasteiger partial charge on any atom is -0.172 e. The standard InChI is InChI=1S/C29H37.C21H14.C5H5.2ClH.Hf/c1-18-25-22-17-19-13-9-10-14-20(19)24(22)21-15-11-12-16-23(21)29(25,8)28(6,7)27(4,5)26(18,2)3;1-3-13-20-16(7-1)9-5-11-18(20)15-19-12-6-10-17-8-2-4-14-21(17)19;1-2-4-5-3-1;;;/h9-11,13-15,23H,12,16-17H2,1-8H3;1-14H;1-5H;2*1H;/q-1;;-1;;;+2/p-2. The van der Waals surface area contributed by atoms with E-state index in [0.717, 1.165) is 30.3 Å². The Hall–Kier alpha value is -3.62. The molecule has 1 saturated carbocycles. The van der Waals surface area contributed by atoms with Crippen molar-refractivity contribution in [2.45, 2.75) is 74.7 Å². The number of halogens is 2. The largest absolute Gasteiger partial charge is 0.214 e. The molecule has 4 aliphatic rings. The zero-order valence-electron chi connectivity index (χ0n) is 35.4. The van der Waals surface area contributed by atoms with Gasteiger partial charge in [-0.05, 0) is 40.6 Å². The van der Waals surface area contributed by atoms with E-state index < -0.39 is 0 Å². The van der Waals surface area contributed by atoms with Crippen LogP contribution in [0.15, 0.2) is 168 Å². The number of allylic oxidation sites excluding steroid dienone is 6. The molecule has 0 nitrogen and oxygen atoms in total. The van der Waals surface area contributed by atoms with Crippen LogP contribution in [-0.4, -0.2) is 3.26 Å². The first-order valence-electron chi connectivity index (χ1n) is 20.6. The molecule has 0 saturated heterocycles. The van der Waals surface area contributed by atoms with Crippen LogP contribution in [0.25, 0.3) is 27.1 Å². The summed E-state index contributed by atoms with van der Waals surface area (Å²) < 4.78 is 1.47. The average molecular weight is 966 g/mol. The van der Waals surface area contributed by atoms with E-state index in [1.807, 2.05) is 30.3 Å². The van der Waals surface area contributed by atoms with E-state index in [-0.39, 0.29) is 46.5 Å². The predicted octanol–water partition coefficient (Wildman–Crippen LogP) is 8.49. The summed E-state index contributed by atoms with van der Waals surface area (Å²) in [5, 5.41) is 5.33. The van der Waals surface area contributed by atoms with E-state index in [1.54, 1.807) is 28.2 Å². The van der Waals surface area contributed by atoms with Crippen LogP contribution in [0.1, 0.15) is 90.5 Å². The Bertz CT molecular complexity index is 2430. The number of benzene rings is 5. The minimum atomic E-state index is 0. The first-order valence-corrected chi connectivity index (χ1v) is 22.4. The molecule has 0 spiro atoms. The third kappa shape index (κ3) is 6.82. The van der Waals surface area contributed by atoms with Gasteiger partial charge in [0, 0.05) is 0 Å². The van der Waals surface area contributed by atoms with Crippen molar-refractivity contribution in [1.29, 1.82) is 0 Å². The summed E-state index contributed by atoms with van der Waals surface area (Å²) in [6, 6.07) is 49.7. The van der Waals surface area contributed by atoms with Crippen LogP contribution in [0.2, 0.25) is 0 Å². The minimum absolute atomic E-state index is 0. The van der Waals surface area contributed by atoms with Gasteiger partial charge in [0.1, 0.15) is 0 Å². The number of rotatable bonds is 2. The van der Waals surface area contributed by atoms with Gasteiger partial charge in [-0.25, -0.2) is 18.1 Å². The zero-order valence-corrected chi connectivity index (χ0v) is 40.5. The Labute approximate surface area is 375 Å². The van der Waals surface area contributed by atoms with Gasteiger partial charge in [-0.2, -0.15) is 29.3 Å². The van der Waals surface area contributed by atoms with Gasteiger partial charge in [-0.15, -0.1) is 6.92 Å². The molecule has 0 bridgehead atoms. The molecule has 6 aromatic carbocycles. The molecule has 0 aliphatic heterocycles. The quantitative estimate of drug-likeness (QED) is 0.121. The van der Waals surface area contributed by atoms with Gasteiger partial charge in [0.15, 0.2) is 0 Å². The third-order valence-corrected chi connectivity index (χ3v) is 17.4. The van der Waals surface area contributed by atoms with Gasteiger partial charge in [0.05, 0.1) is 0 Å². The van der Waals surface area contributed by atoms with Gasteiger partial charge < -0.3 is 24.8 Å². The van der Waals surface area contributed by atoms with Crippen molar-refractivity contribution in [3.05, 3.63) is 197 Å². The number of fused-ring (bicyclic) bond motifs is 8. The molecule has 0 heterocycles. The summed E-state index contributed by atoms with van der Waals surface area (Å²) in [6.45, 7) is 20.3. The normalized spacial score (nSPS) is 21.5. The van der Waals surface area contributed by atoms with Crippen LogP contribution in [0.4, 0.5) is 0 Å². The Kier molecular flexibility index (Phi) is 12.7. The van der Waals surface area contributed by atoms with Crippen LogP contribution in [-0.2, 0) is 30.3 Å².